The Labute approximate surface area is 119 Å². The van der Waals surface area contributed by atoms with Crippen LogP contribution >= 0.6 is 0 Å². The third kappa shape index (κ3) is 4.13. The van der Waals surface area contributed by atoms with Gasteiger partial charge in [-0.3, -0.25) is 4.79 Å². The number of rotatable bonds is 6. The van der Waals surface area contributed by atoms with E-state index in [0.29, 0.717) is 12.3 Å². The van der Waals surface area contributed by atoms with Crippen LogP contribution in [-0.4, -0.2) is 38.4 Å². The molecular formula is C15H21NO4. The number of hydrogen-bond donors (Lipinski definition) is 1. The highest BCUT2D eigenvalue weighted by Gasteiger charge is 2.19. The van der Waals surface area contributed by atoms with Crippen LogP contribution in [0.4, 0.5) is 0 Å². The number of nitrogens with one attached hydrogen (secondary N) is 1. The molecule has 5 nitrogen and oxygen atoms in total. The number of methoxy groups -OCH3 is 1. The molecule has 110 valence electrons. The zero-order valence-corrected chi connectivity index (χ0v) is 11.9. The van der Waals surface area contributed by atoms with Crippen LogP contribution in [0.25, 0.3) is 0 Å². The van der Waals surface area contributed by atoms with Crippen molar-refractivity contribution in [3.8, 4) is 11.5 Å². The van der Waals surface area contributed by atoms with Crippen LogP contribution in [0.5, 0.6) is 11.5 Å². The van der Waals surface area contributed by atoms with Gasteiger partial charge >= 0.3 is 0 Å². The molecule has 0 aromatic heterocycles. The second-order valence-electron chi connectivity index (χ2n) is 4.82. The Kier molecular flexibility index (Phi) is 5.24. The van der Waals surface area contributed by atoms with E-state index in [1.165, 1.54) is 0 Å². The maximum absolute atomic E-state index is 11.9. The van der Waals surface area contributed by atoms with Gasteiger partial charge in [0.05, 0.1) is 13.2 Å². The molecule has 2 rings (SSSR count). The van der Waals surface area contributed by atoms with Crippen LogP contribution in [0.3, 0.4) is 0 Å². The van der Waals surface area contributed by atoms with E-state index in [9.17, 15) is 4.79 Å². The maximum atomic E-state index is 11.9. The van der Waals surface area contributed by atoms with E-state index in [4.69, 9.17) is 14.2 Å². The highest BCUT2D eigenvalue weighted by molar-refractivity contribution is 5.80. The summed E-state index contributed by atoms with van der Waals surface area (Å²) in [5.41, 5.74) is 0. The molecule has 1 fully saturated rings. The van der Waals surface area contributed by atoms with Gasteiger partial charge in [0.2, 0.25) is 0 Å². The number of amides is 1. The monoisotopic (exact) mass is 279 g/mol. The Balaban J connectivity index is 1.77. The highest BCUT2D eigenvalue weighted by Crippen LogP contribution is 2.18. The molecule has 0 aliphatic carbocycles. The van der Waals surface area contributed by atoms with Gasteiger partial charge in [0.15, 0.2) is 6.10 Å². The molecule has 1 amide bonds. The molecule has 1 aromatic rings. The highest BCUT2D eigenvalue weighted by atomic mass is 16.5. The van der Waals surface area contributed by atoms with Crippen LogP contribution in [0, 0.1) is 0 Å². The molecule has 1 aliphatic heterocycles. The molecule has 0 saturated carbocycles. The molecule has 2 atom stereocenters. The van der Waals surface area contributed by atoms with E-state index in [0.717, 1.165) is 25.2 Å². The third-order valence-corrected chi connectivity index (χ3v) is 3.27. The summed E-state index contributed by atoms with van der Waals surface area (Å²) in [4.78, 5) is 11.9. The predicted molar refractivity (Wildman–Crippen MR) is 75.1 cm³/mol. The van der Waals surface area contributed by atoms with Crippen molar-refractivity contribution in [1.82, 2.24) is 5.32 Å². The van der Waals surface area contributed by atoms with Gasteiger partial charge < -0.3 is 19.5 Å². The Morgan fingerprint density at radius 3 is 2.70 bits per heavy atom. The molecule has 0 radical (unpaired) electrons. The number of carbonyl (C=O) groups is 1. The van der Waals surface area contributed by atoms with Crippen molar-refractivity contribution in [1.29, 1.82) is 0 Å². The van der Waals surface area contributed by atoms with Crippen LogP contribution in [-0.2, 0) is 9.53 Å². The molecule has 1 saturated heterocycles. The molecule has 0 spiro atoms. The first kappa shape index (κ1) is 14.7. The van der Waals surface area contributed by atoms with Crippen molar-refractivity contribution in [3.05, 3.63) is 24.3 Å². The van der Waals surface area contributed by atoms with Crippen molar-refractivity contribution in [2.45, 2.75) is 32.0 Å². The fourth-order valence-electron chi connectivity index (χ4n) is 2.08. The minimum absolute atomic E-state index is 0.128. The fraction of sp³-hybridized carbons (Fsp3) is 0.533. The van der Waals surface area contributed by atoms with E-state index < -0.39 is 6.10 Å². The summed E-state index contributed by atoms with van der Waals surface area (Å²) in [6.07, 6.45) is 1.68. The van der Waals surface area contributed by atoms with Gasteiger partial charge in [-0.15, -0.1) is 0 Å². The number of hydrogen-bond acceptors (Lipinski definition) is 4. The van der Waals surface area contributed by atoms with Gasteiger partial charge in [-0.05, 0) is 44.0 Å². The summed E-state index contributed by atoms with van der Waals surface area (Å²) in [6, 6.07) is 7.16. The molecule has 5 heteroatoms. The molecule has 0 unspecified atom stereocenters. The molecule has 20 heavy (non-hydrogen) atoms. The summed E-state index contributed by atoms with van der Waals surface area (Å²) in [7, 11) is 1.61. The molecule has 1 heterocycles. The van der Waals surface area contributed by atoms with E-state index in [-0.39, 0.29) is 12.0 Å². The second-order valence-corrected chi connectivity index (χ2v) is 4.82. The smallest absolute Gasteiger partial charge is 0.260 e. The van der Waals surface area contributed by atoms with Crippen LogP contribution in [0.1, 0.15) is 19.8 Å². The van der Waals surface area contributed by atoms with Gasteiger partial charge in [0, 0.05) is 13.2 Å². The van der Waals surface area contributed by atoms with Gasteiger partial charge in [-0.1, -0.05) is 0 Å². The zero-order valence-electron chi connectivity index (χ0n) is 11.9. The fourth-order valence-corrected chi connectivity index (χ4v) is 2.08. The van der Waals surface area contributed by atoms with Gasteiger partial charge in [0.1, 0.15) is 11.5 Å². The van der Waals surface area contributed by atoms with Gasteiger partial charge in [-0.25, -0.2) is 0 Å². The molecular weight excluding hydrogens is 258 g/mol. The largest absolute Gasteiger partial charge is 0.497 e. The Hall–Kier alpha value is -1.75. The van der Waals surface area contributed by atoms with Crippen molar-refractivity contribution in [3.63, 3.8) is 0 Å². The second kappa shape index (κ2) is 7.14. The maximum Gasteiger partial charge on any atom is 0.260 e. The SMILES string of the molecule is COc1ccc(O[C@H](C)C(=O)NC[C@@H]2CCCO2)cc1. The van der Waals surface area contributed by atoms with Crippen LogP contribution in [0.15, 0.2) is 24.3 Å². The van der Waals surface area contributed by atoms with E-state index in [2.05, 4.69) is 5.32 Å². The molecule has 0 bridgehead atoms. The number of ether oxygens (including phenoxy) is 3. The standard InChI is InChI=1S/C15H21NO4/c1-11(15(17)16-10-14-4-3-9-19-14)20-13-7-5-12(18-2)6-8-13/h5-8,11,14H,3-4,9-10H2,1-2H3,(H,16,17)/t11-,14+/m1/s1. The molecule has 1 aliphatic rings. The van der Waals surface area contributed by atoms with E-state index in [1.54, 1.807) is 38.3 Å². The lowest BCUT2D eigenvalue weighted by atomic mass is 10.2. The summed E-state index contributed by atoms with van der Waals surface area (Å²) in [5.74, 6) is 1.27. The van der Waals surface area contributed by atoms with Gasteiger partial charge in [0.25, 0.3) is 5.91 Å². The molecule has 1 N–H and O–H groups in total. The lowest BCUT2D eigenvalue weighted by Gasteiger charge is -2.16. The number of benzene rings is 1. The minimum Gasteiger partial charge on any atom is -0.497 e. The average molecular weight is 279 g/mol. The van der Waals surface area contributed by atoms with Crippen molar-refractivity contribution >= 4 is 5.91 Å². The predicted octanol–water partition coefficient (Wildman–Crippen LogP) is 1.76. The summed E-state index contributed by atoms with van der Waals surface area (Å²) in [5, 5.41) is 2.85. The number of carbonyl (C=O) groups excluding carboxylic acids is 1. The summed E-state index contributed by atoms with van der Waals surface area (Å²) >= 11 is 0. The lowest BCUT2D eigenvalue weighted by Crippen LogP contribution is -2.40. The quantitative estimate of drug-likeness (QED) is 0.862. The Morgan fingerprint density at radius 1 is 1.40 bits per heavy atom. The Bertz CT molecular complexity index is 426. The lowest BCUT2D eigenvalue weighted by molar-refractivity contribution is -0.127. The minimum atomic E-state index is -0.537. The van der Waals surface area contributed by atoms with Crippen LogP contribution in [0.2, 0.25) is 0 Å². The Morgan fingerprint density at radius 2 is 2.10 bits per heavy atom. The summed E-state index contributed by atoms with van der Waals surface area (Å²) < 4.78 is 16.1. The summed E-state index contributed by atoms with van der Waals surface area (Å²) in [6.45, 7) is 3.07. The topological polar surface area (TPSA) is 56.8 Å². The first-order valence-electron chi connectivity index (χ1n) is 6.89. The average Bonchev–Trinajstić information content (AvgIpc) is 2.98. The van der Waals surface area contributed by atoms with E-state index in [1.807, 2.05) is 0 Å². The first-order chi connectivity index (χ1) is 9.69. The first-order valence-corrected chi connectivity index (χ1v) is 6.89. The van der Waals surface area contributed by atoms with Crippen molar-refractivity contribution in [2.75, 3.05) is 20.3 Å². The zero-order chi connectivity index (χ0) is 14.4. The van der Waals surface area contributed by atoms with Crippen molar-refractivity contribution < 1.29 is 19.0 Å². The van der Waals surface area contributed by atoms with Gasteiger partial charge in [-0.2, -0.15) is 0 Å². The van der Waals surface area contributed by atoms with Crippen molar-refractivity contribution in [2.24, 2.45) is 0 Å². The molecule has 1 aromatic carbocycles. The third-order valence-electron chi connectivity index (χ3n) is 3.27. The normalized spacial score (nSPS) is 19.4. The van der Waals surface area contributed by atoms with Crippen LogP contribution < -0.4 is 14.8 Å². The van der Waals surface area contributed by atoms with E-state index >= 15 is 0 Å².